The lowest BCUT2D eigenvalue weighted by atomic mass is 9.86. The number of benzene rings is 1. The molecule has 19 heavy (non-hydrogen) atoms. The Kier molecular flexibility index (Phi) is 4.34. The number of anilines is 1. The fraction of sp³-hybridized carbons (Fsp3) is 0.571. The van der Waals surface area contributed by atoms with E-state index in [2.05, 4.69) is 5.32 Å². The van der Waals surface area contributed by atoms with E-state index in [9.17, 15) is 13.2 Å². The number of halogens is 3. The van der Waals surface area contributed by atoms with Crippen molar-refractivity contribution in [3.05, 3.63) is 29.8 Å². The van der Waals surface area contributed by atoms with Crippen LogP contribution < -0.4 is 11.1 Å². The van der Waals surface area contributed by atoms with Gasteiger partial charge >= 0.3 is 6.18 Å². The molecule has 2 unspecified atom stereocenters. The SMILES string of the molecule is NC1CCCC(CNc2ccc(C(F)(F)F)cc2)C1. The highest BCUT2D eigenvalue weighted by atomic mass is 19.4. The average molecular weight is 272 g/mol. The van der Waals surface area contributed by atoms with Crippen LogP contribution in [0.3, 0.4) is 0 Å². The highest BCUT2D eigenvalue weighted by Crippen LogP contribution is 2.30. The maximum Gasteiger partial charge on any atom is 0.416 e. The first kappa shape index (κ1) is 14.2. The Bertz CT molecular complexity index is 400. The van der Waals surface area contributed by atoms with Crippen molar-refractivity contribution in [1.82, 2.24) is 0 Å². The molecular weight excluding hydrogens is 253 g/mol. The minimum atomic E-state index is -4.27. The van der Waals surface area contributed by atoms with Crippen LogP contribution in [0.25, 0.3) is 0 Å². The molecule has 1 aliphatic rings. The zero-order valence-electron chi connectivity index (χ0n) is 10.7. The summed E-state index contributed by atoms with van der Waals surface area (Å²) in [7, 11) is 0. The molecule has 0 radical (unpaired) electrons. The van der Waals surface area contributed by atoms with Crippen LogP contribution >= 0.6 is 0 Å². The van der Waals surface area contributed by atoms with E-state index in [1.54, 1.807) is 0 Å². The normalized spacial score (nSPS) is 24.2. The van der Waals surface area contributed by atoms with Crippen LogP contribution in [0.15, 0.2) is 24.3 Å². The molecule has 0 heterocycles. The summed E-state index contributed by atoms with van der Waals surface area (Å²) in [5.41, 5.74) is 6.02. The maximum atomic E-state index is 12.4. The fourth-order valence-corrected chi connectivity index (χ4v) is 2.56. The Hall–Kier alpha value is -1.23. The minimum absolute atomic E-state index is 0.271. The van der Waals surface area contributed by atoms with Crippen LogP contribution in [0, 0.1) is 5.92 Å². The Morgan fingerprint density at radius 1 is 1.16 bits per heavy atom. The summed E-state index contributed by atoms with van der Waals surface area (Å²) < 4.78 is 37.2. The molecule has 0 aromatic heterocycles. The van der Waals surface area contributed by atoms with E-state index >= 15 is 0 Å². The van der Waals surface area contributed by atoms with Gasteiger partial charge in [0, 0.05) is 18.3 Å². The zero-order valence-corrected chi connectivity index (χ0v) is 10.7. The average Bonchev–Trinajstić information content (AvgIpc) is 2.36. The standard InChI is InChI=1S/C14H19F3N2/c15-14(16,17)11-4-6-13(7-5-11)19-9-10-2-1-3-12(18)8-10/h4-7,10,12,19H,1-3,8-9,18H2. The number of rotatable bonds is 3. The second-order valence-electron chi connectivity index (χ2n) is 5.25. The molecule has 5 heteroatoms. The third-order valence-electron chi connectivity index (χ3n) is 3.63. The second-order valence-corrected chi connectivity index (χ2v) is 5.25. The molecule has 2 atom stereocenters. The molecule has 2 nitrogen and oxygen atoms in total. The van der Waals surface area contributed by atoms with Crippen LogP contribution in [0.2, 0.25) is 0 Å². The van der Waals surface area contributed by atoms with Crippen LogP contribution in [0.5, 0.6) is 0 Å². The summed E-state index contributed by atoms with van der Waals surface area (Å²) in [6.07, 6.45) is 0.0843. The van der Waals surface area contributed by atoms with Crippen molar-refractivity contribution in [2.24, 2.45) is 11.7 Å². The Morgan fingerprint density at radius 3 is 2.42 bits per heavy atom. The van der Waals surface area contributed by atoms with E-state index in [-0.39, 0.29) is 6.04 Å². The van der Waals surface area contributed by atoms with Crippen molar-refractivity contribution in [2.45, 2.75) is 37.9 Å². The van der Waals surface area contributed by atoms with Gasteiger partial charge in [0.1, 0.15) is 0 Å². The topological polar surface area (TPSA) is 38.0 Å². The Balaban J connectivity index is 1.86. The predicted molar refractivity (Wildman–Crippen MR) is 69.9 cm³/mol. The molecule has 0 spiro atoms. The highest BCUT2D eigenvalue weighted by molar-refractivity contribution is 5.45. The monoisotopic (exact) mass is 272 g/mol. The largest absolute Gasteiger partial charge is 0.416 e. The van der Waals surface area contributed by atoms with Crippen LogP contribution in [0.4, 0.5) is 18.9 Å². The third kappa shape index (κ3) is 4.13. The lowest BCUT2D eigenvalue weighted by Gasteiger charge is -2.27. The molecule has 1 saturated carbocycles. The Morgan fingerprint density at radius 2 is 1.84 bits per heavy atom. The molecule has 3 N–H and O–H groups in total. The lowest BCUT2D eigenvalue weighted by Crippen LogP contribution is -2.30. The third-order valence-corrected chi connectivity index (χ3v) is 3.63. The van der Waals surface area contributed by atoms with Crippen molar-refractivity contribution >= 4 is 5.69 Å². The molecule has 1 aromatic rings. The van der Waals surface area contributed by atoms with Gasteiger partial charge in [-0.2, -0.15) is 13.2 Å². The summed E-state index contributed by atoms with van der Waals surface area (Å²) in [6, 6.07) is 5.44. The van der Waals surface area contributed by atoms with Gasteiger partial charge in [0.15, 0.2) is 0 Å². The van der Waals surface area contributed by atoms with E-state index in [1.165, 1.54) is 12.1 Å². The summed E-state index contributed by atoms with van der Waals surface area (Å²) >= 11 is 0. The first-order chi connectivity index (χ1) is 8.95. The van der Waals surface area contributed by atoms with E-state index < -0.39 is 11.7 Å². The fourth-order valence-electron chi connectivity index (χ4n) is 2.56. The maximum absolute atomic E-state index is 12.4. The first-order valence-corrected chi connectivity index (χ1v) is 6.62. The second kappa shape index (κ2) is 5.82. The van der Waals surface area contributed by atoms with Crippen molar-refractivity contribution in [1.29, 1.82) is 0 Å². The van der Waals surface area contributed by atoms with Gasteiger partial charge in [-0.25, -0.2) is 0 Å². The van der Waals surface area contributed by atoms with Gasteiger partial charge in [0.05, 0.1) is 5.56 Å². The van der Waals surface area contributed by atoms with Crippen LogP contribution in [0.1, 0.15) is 31.2 Å². The van der Waals surface area contributed by atoms with Crippen LogP contribution in [-0.2, 0) is 6.18 Å². The lowest BCUT2D eigenvalue weighted by molar-refractivity contribution is -0.137. The molecule has 0 amide bonds. The van der Waals surface area contributed by atoms with Gasteiger partial charge in [0.25, 0.3) is 0 Å². The van der Waals surface area contributed by atoms with Gasteiger partial charge in [0.2, 0.25) is 0 Å². The van der Waals surface area contributed by atoms with Gasteiger partial charge in [-0.1, -0.05) is 6.42 Å². The summed E-state index contributed by atoms with van der Waals surface area (Å²) in [5, 5.41) is 3.19. The number of nitrogens with one attached hydrogen (secondary N) is 1. The van der Waals surface area contributed by atoms with E-state index in [1.807, 2.05) is 0 Å². The van der Waals surface area contributed by atoms with Gasteiger partial charge in [-0.05, 0) is 49.4 Å². The molecule has 2 rings (SSSR count). The molecule has 1 fully saturated rings. The van der Waals surface area contributed by atoms with Gasteiger partial charge in [-0.15, -0.1) is 0 Å². The first-order valence-electron chi connectivity index (χ1n) is 6.62. The summed E-state index contributed by atoms with van der Waals surface area (Å²) in [4.78, 5) is 0. The van der Waals surface area contributed by atoms with Gasteiger partial charge < -0.3 is 11.1 Å². The predicted octanol–water partition coefficient (Wildman–Crippen LogP) is 3.63. The summed E-state index contributed by atoms with van der Waals surface area (Å²) in [5.74, 6) is 0.519. The van der Waals surface area contributed by atoms with Crippen molar-refractivity contribution in [2.75, 3.05) is 11.9 Å². The molecule has 0 aliphatic heterocycles. The van der Waals surface area contributed by atoms with E-state index in [0.717, 1.165) is 50.0 Å². The Labute approximate surface area is 111 Å². The molecule has 106 valence electrons. The van der Waals surface area contributed by atoms with E-state index in [4.69, 9.17) is 5.73 Å². The van der Waals surface area contributed by atoms with Crippen molar-refractivity contribution in [3.8, 4) is 0 Å². The molecule has 0 bridgehead atoms. The van der Waals surface area contributed by atoms with E-state index in [0.29, 0.717) is 5.92 Å². The number of hydrogen-bond donors (Lipinski definition) is 2. The van der Waals surface area contributed by atoms with Crippen LogP contribution in [-0.4, -0.2) is 12.6 Å². The molecule has 1 aliphatic carbocycles. The van der Waals surface area contributed by atoms with Gasteiger partial charge in [-0.3, -0.25) is 0 Å². The molecule has 1 aromatic carbocycles. The summed E-state index contributed by atoms with van der Waals surface area (Å²) in [6.45, 7) is 0.777. The quantitative estimate of drug-likeness (QED) is 0.881. The minimum Gasteiger partial charge on any atom is -0.385 e. The van der Waals surface area contributed by atoms with Crippen molar-refractivity contribution < 1.29 is 13.2 Å². The highest BCUT2D eigenvalue weighted by Gasteiger charge is 2.29. The number of hydrogen-bond acceptors (Lipinski definition) is 2. The smallest absolute Gasteiger partial charge is 0.385 e. The molecular formula is C14H19F3N2. The van der Waals surface area contributed by atoms with Crippen molar-refractivity contribution in [3.63, 3.8) is 0 Å². The molecule has 0 saturated heterocycles. The zero-order chi connectivity index (χ0) is 13.9. The number of nitrogens with two attached hydrogens (primary N) is 1. The number of alkyl halides is 3.